The number of methoxy groups -OCH3 is 1. The minimum absolute atomic E-state index is 0.00450. The number of hydrogen-bond acceptors (Lipinski definition) is 5. The maximum absolute atomic E-state index is 13.4. The first kappa shape index (κ1) is 24.3. The summed E-state index contributed by atoms with van der Waals surface area (Å²) in [5.41, 5.74) is 2.33. The van der Waals surface area contributed by atoms with Gasteiger partial charge in [0.05, 0.1) is 12.6 Å². The molecule has 0 saturated carbocycles. The van der Waals surface area contributed by atoms with Crippen molar-refractivity contribution in [3.63, 3.8) is 0 Å². The zero-order valence-corrected chi connectivity index (χ0v) is 20.3. The predicted molar refractivity (Wildman–Crippen MR) is 127 cm³/mol. The van der Waals surface area contributed by atoms with Crippen LogP contribution < -0.4 is 4.74 Å². The number of carbonyl (C=O) groups is 2. The average Bonchev–Trinajstić information content (AvgIpc) is 3.26. The fourth-order valence-corrected chi connectivity index (χ4v) is 4.90. The number of benzene rings is 1. The van der Waals surface area contributed by atoms with Crippen LogP contribution in [0.2, 0.25) is 0 Å². The van der Waals surface area contributed by atoms with Crippen LogP contribution in [0.3, 0.4) is 0 Å². The third-order valence-electron chi connectivity index (χ3n) is 5.75. The number of aryl methyl sites for hydroxylation is 1. The van der Waals surface area contributed by atoms with Gasteiger partial charge in [0.1, 0.15) is 12.4 Å². The van der Waals surface area contributed by atoms with E-state index in [2.05, 4.69) is 11.4 Å². The SMILES string of the molecule is COCCCN(CC(=O)N1CCc2sccc2C1COc1ccc(C)cc1)C(=O)C(C)C. The Bertz CT molecular complexity index is 894. The van der Waals surface area contributed by atoms with Crippen molar-refractivity contribution in [2.45, 2.75) is 39.7 Å². The van der Waals surface area contributed by atoms with Crippen LogP contribution in [0, 0.1) is 12.8 Å². The summed E-state index contributed by atoms with van der Waals surface area (Å²) in [6.45, 7) is 7.96. The summed E-state index contributed by atoms with van der Waals surface area (Å²) in [6.07, 6.45) is 1.54. The van der Waals surface area contributed by atoms with Gasteiger partial charge in [-0.05, 0) is 48.9 Å². The summed E-state index contributed by atoms with van der Waals surface area (Å²) in [7, 11) is 1.64. The number of hydrogen-bond donors (Lipinski definition) is 0. The van der Waals surface area contributed by atoms with E-state index in [0.29, 0.717) is 32.7 Å². The summed E-state index contributed by atoms with van der Waals surface area (Å²) in [6, 6.07) is 9.89. The number of carbonyl (C=O) groups excluding carboxylic acids is 2. The third kappa shape index (κ3) is 6.11. The molecule has 0 bridgehead atoms. The second kappa shape index (κ2) is 11.5. The zero-order valence-electron chi connectivity index (χ0n) is 19.5. The first-order chi connectivity index (χ1) is 15.4. The second-order valence-electron chi connectivity index (χ2n) is 8.54. The van der Waals surface area contributed by atoms with Gasteiger partial charge in [-0.25, -0.2) is 0 Å². The Labute approximate surface area is 195 Å². The molecule has 1 atom stereocenters. The lowest BCUT2D eigenvalue weighted by Gasteiger charge is -2.37. The minimum Gasteiger partial charge on any atom is -0.491 e. The monoisotopic (exact) mass is 458 g/mol. The van der Waals surface area contributed by atoms with Gasteiger partial charge >= 0.3 is 0 Å². The summed E-state index contributed by atoms with van der Waals surface area (Å²) >= 11 is 1.73. The highest BCUT2D eigenvalue weighted by molar-refractivity contribution is 7.10. The maximum atomic E-state index is 13.4. The molecular formula is C25H34N2O4S. The van der Waals surface area contributed by atoms with E-state index in [9.17, 15) is 9.59 Å². The number of ether oxygens (including phenoxy) is 2. The number of fused-ring (bicyclic) bond motifs is 1. The molecule has 1 aromatic carbocycles. The van der Waals surface area contributed by atoms with E-state index in [0.717, 1.165) is 17.7 Å². The molecule has 0 radical (unpaired) electrons. The molecule has 0 fully saturated rings. The number of amides is 2. The summed E-state index contributed by atoms with van der Waals surface area (Å²) in [4.78, 5) is 31.0. The first-order valence-electron chi connectivity index (χ1n) is 11.2. The van der Waals surface area contributed by atoms with E-state index in [1.54, 1.807) is 23.3 Å². The largest absolute Gasteiger partial charge is 0.491 e. The molecule has 1 unspecified atom stereocenters. The number of thiophene rings is 1. The minimum atomic E-state index is -0.159. The van der Waals surface area contributed by atoms with Crippen LogP contribution in [0.1, 0.15) is 42.3 Å². The van der Waals surface area contributed by atoms with E-state index in [1.807, 2.05) is 49.9 Å². The Morgan fingerprint density at radius 1 is 1.22 bits per heavy atom. The summed E-state index contributed by atoms with van der Waals surface area (Å²) in [5, 5.41) is 2.08. The summed E-state index contributed by atoms with van der Waals surface area (Å²) < 4.78 is 11.2. The van der Waals surface area contributed by atoms with Crippen LogP contribution in [0.15, 0.2) is 35.7 Å². The van der Waals surface area contributed by atoms with Crippen molar-refractivity contribution >= 4 is 23.2 Å². The molecule has 0 N–H and O–H groups in total. The van der Waals surface area contributed by atoms with Crippen molar-refractivity contribution in [1.29, 1.82) is 0 Å². The standard InChI is InChI=1S/C25H34N2O4S/c1-18(2)25(29)26(12-5-14-30-4)16-24(28)27-13-10-23-21(11-15-32-23)22(27)17-31-20-8-6-19(3)7-9-20/h6-9,11,15,18,22H,5,10,12-14,16-17H2,1-4H3. The smallest absolute Gasteiger partial charge is 0.242 e. The Balaban J connectivity index is 1.74. The van der Waals surface area contributed by atoms with Gasteiger partial charge in [-0.2, -0.15) is 0 Å². The molecule has 7 heteroatoms. The lowest BCUT2D eigenvalue weighted by Crippen LogP contribution is -2.48. The Kier molecular flexibility index (Phi) is 8.70. The van der Waals surface area contributed by atoms with Crippen LogP contribution in [0.4, 0.5) is 0 Å². The van der Waals surface area contributed by atoms with Crippen molar-refractivity contribution in [1.82, 2.24) is 9.80 Å². The highest BCUT2D eigenvalue weighted by atomic mass is 32.1. The lowest BCUT2D eigenvalue weighted by molar-refractivity contribution is -0.144. The Hall–Kier alpha value is -2.38. The molecule has 0 spiro atoms. The molecular weight excluding hydrogens is 424 g/mol. The quantitative estimate of drug-likeness (QED) is 0.504. The fourth-order valence-electron chi connectivity index (χ4n) is 3.97. The van der Waals surface area contributed by atoms with Crippen molar-refractivity contribution in [3.8, 4) is 5.75 Å². The van der Waals surface area contributed by atoms with Gasteiger partial charge in [0.25, 0.3) is 0 Å². The molecule has 6 nitrogen and oxygen atoms in total. The van der Waals surface area contributed by atoms with Gasteiger partial charge in [-0.3, -0.25) is 9.59 Å². The van der Waals surface area contributed by atoms with Crippen molar-refractivity contribution < 1.29 is 19.1 Å². The normalized spacial score (nSPS) is 15.5. The van der Waals surface area contributed by atoms with Gasteiger partial charge in [0.15, 0.2) is 0 Å². The van der Waals surface area contributed by atoms with E-state index >= 15 is 0 Å². The van der Waals surface area contributed by atoms with E-state index < -0.39 is 0 Å². The zero-order chi connectivity index (χ0) is 23.1. The van der Waals surface area contributed by atoms with E-state index in [-0.39, 0.29) is 30.3 Å². The first-order valence-corrected chi connectivity index (χ1v) is 12.1. The van der Waals surface area contributed by atoms with Crippen LogP contribution in [0.5, 0.6) is 5.75 Å². The highest BCUT2D eigenvalue weighted by Crippen LogP contribution is 2.34. The molecule has 32 heavy (non-hydrogen) atoms. The summed E-state index contributed by atoms with van der Waals surface area (Å²) in [5.74, 6) is 0.596. The predicted octanol–water partition coefficient (Wildman–Crippen LogP) is 4.08. The Morgan fingerprint density at radius 3 is 2.66 bits per heavy atom. The molecule has 0 aliphatic carbocycles. The van der Waals surface area contributed by atoms with Gasteiger partial charge < -0.3 is 19.3 Å². The lowest BCUT2D eigenvalue weighted by atomic mass is 10.00. The van der Waals surface area contributed by atoms with Crippen LogP contribution in [-0.4, -0.2) is 61.6 Å². The van der Waals surface area contributed by atoms with Crippen molar-refractivity contribution in [2.75, 3.05) is 40.0 Å². The molecule has 0 saturated heterocycles. The van der Waals surface area contributed by atoms with E-state index in [4.69, 9.17) is 9.47 Å². The molecule has 1 aliphatic rings. The number of nitrogens with zero attached hydrogens (tertiary/aromatic N) is 2. The average molecular weight is 459 g/mol. The highest BCUT2D eigenvalue weighted by Gasteiger charge is 2.33. The topological polar surface area (TPSA) is 59.1 Å². The molecule has 174 valence electrons. The van der Waals surface area contributed by atoms with Gasteiger partial charge in [-0.15, -0.1) is 11.3 Å². The van der Waals surface area contributed by atoms with Gasteiger partial charge in [0.2, 0.25) is 11.8 Å². The molecule has 1 aliphatic heterocycles. The molecule has 2 amide bonds. The fraction of sp³-hybridized carbons (Fsp3) is 0.520. The van der Waals surface area contributed by atoms with Crippen LogP contribution in [0.25, 0.3) is 0 Å². The molecule has 3 rings (SSSR count). The Morgan fingerprint density at radius 2 is 1.97 bits per heavy atom. The van der Waals surface area contributed by atoms with Crippen molar-refractivity contribution in [3.05, 3.63) is 51.7 Å². The van der Waals surface area contributed by atoms with Gasteiger partial charge in [-0.1, -0.05) is 31.5 Å². The van der Waals surface area contributed by atoms with Crippen LogP contribution >= 0.6 is 11.3 Å². The van der Waals surface area contributed by atoms with Crippen LogP contribution in [-0.2, 0) is 20.7 Å². The maximum Gasteiger partial charge on any atom is 0.242 e. The molecule has 2 aromatic rings. The van der Waals surface area contributed by atoms with Crippen molar-refractivity contribution in [2.24, 2.45) is 5.92 Å². The van der Waals surface area contributed by atoms with E-state index in [1.165, 1.54) is 10.4 Å². The number of rotatable bonds is 10. The van der Waals surface area contributed by atoms with Gasteiger partial charge in [0, 0.05) is 37.6 Å². The third-order valence-corrected chi connectivity index (χ3v) is 6.75. The molecule has 1 aromatic heterocycles. The molecule has 2 heterocycles. The second-order valence-corrected chi connectivity index (χ2v) is 9.54.